The maximum Gasteiger partial charge on any atom is 0.200 e. The van der Waals surface area contributed by atoms with Crippen molar-refractivity contribution in [3.63, 3.8) is 0 Å². The molecule has 1 heterocycles. The van der Waals surface area contributed by atoms with Gasteiger partial charge in [-0.15, -0.1) is 0 Å². The summed E-state index contributed by atoms with van der Waals surface area (Å²) < 4.78 is 5.71. The third kappa shape index (κ3) is 1.83. The Morgan fingerprint density at radius 2 is 1.79 bits per heavy atom. The summed E-state index contributed by atoms with van der Waals surface area (Å²) in [6.45, 7) is 1.80. The molecule has 0 saturated heterocycles. The van der Waals surface area contributed by atoms with Gasteiger partial charge in [-0.2, -0.15) is 0 Å². The highest BCUT2D eigenvalue weighted by atomic mass is 16.3. The lowest BCUT2D eigenvalue weighted by Crippen LogP contribution is -2.03. The van der Waals surface area contributed by atoms with E-state index in [-0.39, 0.29) is 11.3 Å². The number of hydrogen-bond donors (Lipinski definition) is 0. The standard InChI is InChI=1S/C16H12O3/c1-10(9-17)11-6-7-15-13(8-11)16(18)12-4-2-3-5-14(12)19-15/h2-10H,1H3. The molecule has 94 valence electrons. The monoisotopic (exact) mass is 252 g/mol. The molecule has 1 unspecified atom stereocenters. The first-order valence-electron chi connectivity index (χ1n) is 6.11. The van der Waals surface area contributed by atoms with Gasteiger partial charge in [-0.1, -0.05) is 25.1 Å². The number of aldehydes is 1. The molecule has 0 fully saturated rings. The Hall–Kier alpha value is -2.42. The summed E-state index contributed by atoms with van der Waals surface area (Å²) in [7, 11) is 0. The molecule has 3 nitrogen and oxygen atoms in total. The summed E-state index contributed by atoms with van der Waals surface area (Å²) in [5.41, 5.74) is 1.89. The lowest BCUT2D eigenvalue weighted by atomic mass is 10.0. The fraction of sp³-hybridized carbons (Fsp3) is 0.125. The van der Waals surface area contributed by atoms with E-state index in [1.165, 1.54) is 0 Å². The van der Waals surface area contributed by atoms with Crippen LogP contribution in [0.5, 0.6) is 0 Å². The van der Waals surface area contributed by atoms with Crippen LogP contribution in [0.1, 0.15) is 18.4 Å². The topological polar surface area (TPSA) is 47.3 Å². The van der Waals surface area contributed by atoms with Gasteiger partial charge in [0.1, 0.15) is 17.5 Å². The van der Waals surface area contributed by atoms with Crippen molar-refractivity contribution >= 4 is 28.2 Å². The smallest absolute Gasteiger partial charge is 0.200 e. The minimum atomic E-state index is -0.227. The number of carbonyl (C=O) groups excluding carboxylic acids is 1. The molecule has 3 heteroatoms. The number of carbonyl (C=O) groups is 1. The second kappa shape index (κ2) is 4.35. The van der Waals surface area contributed by atoms with Gasteiger partial charge >= 0.3 is 0 Å². The molecule has 2 aromatic carbocycles. The first-order chi connectivity index (χ1) is 9.20. The zero-order valence-corrected chi connectivity index (χ0v) is 10.4. The van der Waals surface area contributed by atoms with Gasteiger partial charge in [0.05, 0.1) is 10.8 Å². The molecule has 19 heavy (non-hydrogen) atoms. The van der Waals surface area contributed by atoms with E-state index in [0.717, 1.165) is 11.8 Å². The third-order valence-corrected chi connectivity index (χ3v) is 3.33. The second-order valence-electron chi connectivity index (χ2n) is 4.61. The molecule has 0 radical (unpaired) electrons. The Balaban J connectivity index is 2.39. The minimum absolute atomic E-state index is 0.0585. The van der Waals surface area contributed by atoms with Gasteiger partial charge in [0.2, 0.25) is 5.43 Å². The molecular weight excluding hydrogens is 240 g/mol. The summed E-state index contributed by atoms with van der Waals surface area (Å²) in [5, 5.41) is 1.08. The van der Waals surface area contributed by atoms with Crippen LogP contribution in [-0.2, 0) is 4.79 Å². The van der Waals surface area contributed by atoms with Crippen molar-refractivity contribution in [2.45, 2.75) is 12.8 Å². The Labute approximate surface area is 109 Å². The summed E-state index contributed by atoms with van der Waals surface area (Å²) in [6, 6.07) is 12.5. The van der Waals surface area contributed by atoms with Crippen molar-refractivity contribution in [2.24, 2.45) is 0 Å². The van der Waals surface area contributed by atoms with Crippen molar-refractivity contribution in [3.8, 4) is 0 Å². The molecule has 0 aliphatic heterocycles. The van der Waals surface area contributed by atoms with Crippen LogP contribution in [0, 0.1) is 0 Å². The van der Waals surface area contributed by atoms with Crippen LogP contribution < -0.4 is 5.43 Å². The van der Waals surface area contributed by atoms with Crippen molar-refractivity contribution in [1.82, 2.24) is 0 Å². The normalized spacial score (nSPS) is 12.7. The maximum atomic E-state index is 12.4. The predicted molar refractivity (Wildman–Crippen MR) is 74.5 cm³/mol. The van der Waals surface area contributed by atoms with Crippen LogP contribution in [0.3, 0.4) is 0 Å². The van der Waals surface area contributed by atoms with Crippen molar-refractivity contribution in [3.05, 3.63) is 58.3 Å². The molecule has 3 aromatic rings. The van der Waals surface area contributed by atoms with Gasteiger partial charge in [-0.3, -0.25) is 4.79 Å². The van der Waals surface area contributed by atoms with Crippen molar-refractivity contribution < 1.29 is 9.21 Å². The van der Waals surface area contributed by atoms with E-state index in [0.29, 0.717) is 21.9 Å². The second-order valence-corrected chi connectivity index (χ2v) is 4.61. The van der Waals surface area contributed by atoms with Gasteiger partial charge in [-0.25, -0.2) is 0 Å². The van der Waals surface area contributed by atoms with Crippen molar-refractivity contribution in [1.29, 1.82) is 0 Å². The van der Waals surface area contributed by atoms with Crippen LogP contribution in [0.2, 0.25) is 0 Å². The molecule has 0 saturated carbocycles. The van der Waals surface area contributed by atoms with E-state index in [1.54, 1.807) is 31.2 Å². The molecule has 3 rings (SSSR count). The molecule has 1 atom stereocenters. The molecule has 0 N–H and O–H groups in total. The van der Waals surface area contributed by atoms with Gasteiger partial charge in [-0.05, 0) is 29.8 Å². The highest BCUT2D eigenvalue weighted by Crippen LogP contribution is 2.22. The third-order valence-electron chi connectivity index (χ3n) is 3.33. The zero-order chi connectivity index (χ0) is 13.4. The van der Waals surface area contributed by atoms with Crippen LogP contribution in [-0.4, -0.2) is 6.29 Å². The lowest BCUT2D eigenvalue weighted by molar-refractivity contribution is -0.108. The number of fused-ring (bicyclic) bond motifs is 2. The average molecular weight is 252 g/mol. The zero-order valence-electron chi connectivity index (χ0n) is 10.4. The highest BCUT2D eigenvalue weighted by molar-refractivity contribution is 5.90. The lowest BCUT2D eigenvalue weighted by Gasteiger charge is -2.06. The van der Waals surface area contributed by atoms with E-state index >= 15 is 0 Å². The largest absolute Gasteiger partial charge is 0.456 e. The van der Waals surface area contributed by atoms with E-state index < -0.39 is 0 Å². The van der Waals surface area contributed by atoms with Crippen molar-refractivity contribution in [2.75, 3.05) is 0 Å². The summed E-state index contributed by atoms with van der Waals surface area (Å²) in [4.78, 5) is 23.2. The Morgan fingerprint density at radius 1 is 1.05 bits per heavy atom. The Kier molecular flexibility index (Phi) is 2.67. The van der Waals surface area contributed by atoms with Gasteiger partial charge in [0.25, 0.3) is 0 Å². The van der Waals surface area contributed by atoms with Crippen LogP contribution in [0.25, 0.3) is 21.9 Å². The van der Waals surface area contributed by atoms with E-state index in [1.807, 2.05) is 18.2 Å². The summed E-state index contributed by atoms with van der Waals surface area (Å²) in [5.74, 6) is -0.227. The van der Waals surface area contributed by atoms with Crippen LogP contribution in [0.4, 0.5) is 0 Å². The molecule has 1 aromatic heterocycles. The van der Waals surface area contributed by atoms with E-state index in [4.69, 9.17) is 4.42 Å². The van der Waals surface area contributed by atoms with Gasteiger partial charge < -0.3 is 9.21 Å². The fourth-order valence-electron chi connectivity index (χ4n) is 2.18. The number of para-hydroxylation sites is 1. The van der Waals surface area contributed by atoms with Crippen LogP contribution >= 0.6 is 0 Å². The molecular formula is C16H12O3. The Morgan fingerprint density at radius 3 is 2.58 bits per heavy atom. The molecule has 0 aliphatic carbocycles. The summed E-state index contributed by atoms with van der Waals surface area (Å²) in [6.07, 6.45) is 0.865. The van der Waals surface area contributed by atoms with E-state index in [9.17, 15) is 9.59 Å². The maximum absolute atomic E-state index is 12.4. The first kappa shape index (κ1) is 11.7. The molecule has 0 spiro atoms. The first-order valence-corrected chi connectivity index (χ1v) is 6.11. The summed E-state index contributed by atoms with van der Waals surface area (Å²) >= 11 is 0. The molecule has 0 bridgehead atoms. The quantitative estimate of drug-likeness (QED) is 0.519. The molecule has 0 amide bonds. The number of hydrogen-bond acceptors (Lipinski definition) is 3. The predicted octanol–water partition coefficient (Wildman–Crippen LogP) is 3.25. The average Bonchev–Trinajstić information content (AvgIpc) is 2.46. The highest BCUT2D eigenvalue weighted by Gasteiger charge is 2.10. The molecule has 0 aliphatic rings. The SMILES string of the molecule is CC(C=O)c1ccc2oc3ccccc3c(=O)c2c1. The minimum Gasteiger partial charge on any atom is -0.456 e. The number of benzene rings is 2. The van der Waals surface area contributed by atoms with Crippen LogP contribution in [0.15, 0.2) is 51.7 Å². The van der Waals surface area contributed by atoms with Gasteiger partial charge in [0, 0.05) is 5.92 Å². The fourth-order valence-corrected chi connectivity index (χ4v) is 2.18. The van der Waals surface area contributed by atoms with Gasteiger partial charge in [0.15, 0.2) is 0 Å². The Bertz CT molecular complexity index is 830. The van der Waals surface area contributed by atoms with E-state index in [2.05, 4.69) is 0 Å². The number of rotatable bonds is 2.